The number of fused-ring (bicyclic) bond motifs is 1. The van der Waals surface area contributed by atoms with Crippen LogP contribution in [0.25, 0.3) is 22.0 Å². The van der Waals surface area contributed by atoms with Gasteiger partial charge in [-0.05, 0) is 42.3 Å². The first-order chi connectivity index (χ1) is 14.5. The van der Waals surface area contributed by atoms with Crippen molar-refractivity contribution >= 4 is 45.8 Å². The zero-order valence-electron chi connectivity index (χ0n) is 16.7. The molecule has 1 aromatic heterocycles. The molecule has 0 N–H and O–H groups in total. The van der Waals surface area contributed by atoms with Crippen LogP contribution in [0, 0.1) is 0 Å². The van der Waals surface area contributed by atoms with E-state index in [-0.39, 0.29) is 11.9 Å². The minimum atomic E-state index is -0.0224. The third kappa shape index (κ3) is 3.87. The van der Waals surface area contributed by atoms with Crippen LogP contribution < -0.4 is 4.90 Å². The van der Waals surface area contributed by atoms with E-state index in [4.69, 9.17) is 23.2 Å². The number of rotatable bonds is 4. The van der Waals surface area contributed by atoms with Crippen LogP contribution in [-0.2, 0) is 4.79 Å². The predicted octanol–water partition coefficient (Wildman–Crippen LogP) is 5.22. The highest BCUT2D eigenvalue weighted by atomic mass is 35.5. The maximum absolute atomic E-state index is 12.2. The summed E-state index contributed by atoms with van der Waals surface area (Å²) in [5, 5.41) is 2.24. The Kier molecular flexibility index (Phi) is 5.93. The zero-order valence-corrected chi connectivity index (χ0v) is 18.2. The average Bonchev–Trinajstić information content (AvgIpc) is 2.78. The first kappa shape index (κ1) is 20.6. The van der Waals surface area contributed by atoms with Crippen molar-refractivity contribution in [3.63, 3.8) is 0 Å². The summed E-state index contributed by atoms with van der Waals surface area (Å²) in [5.74, 6) is 0.835. The molecule has 1 amide bonds. The highest BCUT2D eigenvalue weighted by molar-refractivity contribution is 6.34. The van der Waals surface area contributed by atoms with Crippen molar-refractivity contribution in [2.24, 2.45) is 0 Å². The van der Waals surface area contributed by atoms with Crippen LogP contribution in [0.15, 0.2) is 55.4 Å². The Bertz CT molecular complexity index is 1100. The van der Waals surface area contributed by atoms with Gasteiger partial charge in [0.15, 0.2) is 0 Å². The Hall–Kier alpha value is -2.63. The van der Waals surface area contributed by atoms with Crippen molar-refractivity contribution in [3.8, 4) is 11.1 Å². The van der Waals surface area contributed by atoms with Crippen LogP contribution in [0.4, 0.5) is 5.82 Å². The lowest BCUT2D eigenvalue weighted by atomic mass is 10.0. The molecule has 0 bridgehead atoms. The maximum atomic E-state index is 12.2. The molecule has 30 heavy (non-hydrogen) atoms. The first-order valence-electron chi connectivity index (χ1n) is 9.90. The van der Waals surface area contributed by atoms with Gasteiger partial charge in [-0.15, -0.1) is 0 Å². The molecule has 154 valence electrons. The molecule has 1 saturated heterocycles. The van der Waals surface area contributed by atoms with Gasteiger partial charge in [-0.2, -0.15) is 0 Å². The molecular weight excluding hydrogens is 419 g/mol. The molecule has 2 heterocycles. The largest absolute Gasteiger partial charge is 0.352 e. The van der Waals surface area contributed by atoms with Crippen LogP contribution in [-0.4, -0.2) is 46.5 Å². The van der Waals surface area contributed by atoms with E-state index < -0.39 is 0 Å². The van der Waals surface area contributed by atoms with Gasteiger partial charge in [0.05, 0.1) is 10.5 Å². The van der Waals surface area contributed by atoms with Crippen LogP contribution in [0.2, 0.25) is 10.0 Å². The summed E-state index contributed by atoms with van der Waals surface area (Å²) in [5.41, 5.74) is 2.68. The van der Waals surface area contributed by atoms with E-state index in [0.29, 0.717) is 29.7 Å². The van der Waals surface area contributed by atoms with Crippen LogP contribution in [0.5, 0.6) is 0 Å². The molecule has 0 unspecified atom stereocenters. The number of carbonyl (C=O) groups is 1. The minimum Gasteiger partial charge on any atom is -0.352 e. The van der Waals surface area contributed by atoms with Crippen molar-refractivity contribution in [3.05, 3.63) is 65.4 Å². The predicted molar refractivity (Wildman–Crippen MR) is 123 cm³/mol. The van der Waals surface area contributed by atoms with Gasteiger partial charge < -0.3 is 9.80 Å². The fourth-order valence-corrected chi connectivity index (χ4v) is 4.36. The Labute approximate surface area is 185 Å². The van der Waals surface area contributed by atoms with Crippen molar-refractivity contribution in [2.75, 3.05) is 24.5 Å². The molecule has 0 aliphatic carbocycles. The Morgan fingerprint density at radius 2 is 1.97 bits per heavy atom. The van der Waals surface area contributed by atoms with E-state index in [1.807, 2.05) is 41.3 Å². The Balaban J connectivity index is 1.74. The third-order valence-electron chi connectivity index (χ3n) is 5.57. The molecule has 5 nitrogen and oxygen atoms in total. The highest BCUT2D eigenvalue weighted by Crippen LogP contribution is 2.35. The van der Waals surface area contributed by atoms with E-state index in [1.54, 1.807) is 6.33 Å². The summed E-state index contributed by atoms with van der Waals surface area (Å²) in [6.45, 7) is 7.76. The number of anilines is 1. The SMILES string of the molecule is C=CC(=O)N1CCN(c2ncnc3cc(Cl)c(-c4ccc(Cl)cc4)cc23)C[C@@H]1CC. The molecule has 0 spiro atoms. The van der Waals surface area contributed by atoms with E-state index in [1.165, 1.54) is 6.08 Å². The lowest BCUT2D eigenvalue weighted by Gasteiger charge is -2.41. The maximum Gasteiger partial charge on any atom is 0.246 e. The third-order valence-corrected chi connectivity index (χ3v) is 6.13. The van der Waals surface area contributed by atoms with E-state index in [0.717, 1.165) is 34.3 Å². The molecule has 1 fully saturated rings. The normalized spacial score (nSPS) is 16.7. The van der Waals surface area contributed by atoms with Crippen molar-refractivity contribution in [1.29, 1.82) is 0 Å². The molecule has 0 radical (unpaired) electrons. The molecule has 1 aliphatic rings. The summed E-state index contributed by atoms with van der Waals surface area (Å²) in [6, 6.07) is 11.6. The Morgan fingerprint density at radius 3 is 2.67 bits per heavy atom. The van der Waals surface area contributed by atoms with Crippen LogP contribution >= 0.6 is 23.2 Å². The van der Waals surface area contributed by atoms with E-state index >= 15 is 0 Å². The van der Waals surface area contributed by atoms with Crippen LogP contribution in [0.1, 0.15) is 13.3 Å². The molecule has 3 aromatic rings. The van der Waals surface area contributed by atoms with Gasteiger partial charge >= 0.3 is 0 Å². The summed E-state index contributed by atoms with van der Waals surface area (Å²) in [7, 11) is 0. The van der Waals surface area contributed by atoms with Gasteiger partial charge in [0.1, 0.15) is 12.1 Å². The number of amides is 1. The summed E-state index contributed by atoms with van der Waals surface area (Å²) in [6.07, 6.45) is 3.82. The number of piperazine rings is 1. The zero-order chi connectivity index (χ0) is 21.3. The number of aromatic nitrogens is 2. The molecule has 1 atom stereocenters. The summed E-state index contributed by atoms with van der Waals surface area (Å²) in [4.78, 5) is 25.3. The van der Waals surface area contributed by atoms with Crippen molar-refractivity contribution in [2.45, 2.75) is 19.4 Å². The summed E-state index contributed by atoms with van der Waals surface area (Å²) < 4.78 is 0. The average molecular weight is 441 g/mol. The molecular formula is C23H22Cl2N4O. The topological polar surface area (TPSA) is 49.3 Å². The van der Waals surface area contributed by atoms with Gasteiger partial charge in [0.2, 0.25) is 5.91 Å². The number of benzene rings is 2. The number of hydrogen-bond acceptors (Lipinski definition) is 4. The van der Waals surface area contributed by atoms with Gasteiger partial charge in [-0.1, -0.05) is 48.8 Å². The van der Waals surface area contributed by atoms with Gasteiger partial charge in [0.25, 0.3) is 0 Å². The van der Waals surface area contributed by atoms with Gasteiger partial charge in [-0.25, -0.2) is 9.97 Å². The van der Waals surface area contributed by atoms with Crippen molar-refractivity contribution in [1.82, 2.24) is 14.9 Å². The second-order valence-electron chi connectivity index (χ2n) is 7.30. The molecule has 2 aromatic carbocycles. The smallest absolute Gasteiger partial charge is 0.246 e. The van der Waals surface area contributed by atoms with E-state index in [9.17, 15) is 4.79 Å². The molecule has 4 rings (SSSR count). The second kappa shape index (κ2) is 8.62. The van der Waals surface area contributed by atoms with Gasteiger partial charge in [-0.3, -0.25) is 4.79 Å². The molecule has 1 aliphatic heterocycles. The quantitative estimate of drug-likeness (QED) is 0.521. The fraction of sp³-hybridized carbons (Fsp3) is 0.261. The summed E-state index contributed by atoms with van der Waals surface area (Å²) >= 11 is 12.6. The number of nitrogens with zero attached hydrogens (tertiary/aromatic N) is 4. The molecule has 0 saturated carbocycles. The monoisotopic (exact) mass is 440 g/mol. The lowest BCUT2D eigenvalue weighted by molar-refractivity contribution is -0.128. The minimum absolute atomic E-state index is 0.0224. The first-order valence-corrected chi connectivity index (χ1v) is 10.7. The Morgan fingerprint density at radius 1 is 1.20 bits per heavy atom. The second-order valence-corrected chi connectivity index (χ2v) is 8.14. The number of hydrogen-bond donors (Lipinski definition) is 0. The standard InChI is InChI=1S/C23H22Cl2N4O/c1-3-17-13-28(9-10-29(17)22(30)4-2)23-19-11-18(15-5-7-16(24)8-6-15)20(25)12-21(19)26-14-27-23/h4-8,11-12,14,17H,2-3,9-10,13H2,1H3/t17-/m0/s1. The van der Waals surface area contributed by atoms with Gasteiger partial charge in [0, 0.05) is 41.6 Å². The fourth-order valence-electron chi connectivity index (χ4n) is 3.97. The van der Waals surface area contributed by atoms with Crippen LogP contribution in [0.3, 0.4) is 0 Å². The lowest BCUT2D eigenvalue weighted by Crippen LogP contribution is -2.55. The molecule has 7 heteroatoms. The van der Waals surface area contributed by atoms with Crippen molar-refractivity contribution < 1.29 is 4.79 Å². The number of halogens is 2. The van der Waals surface area contributed by atoms with E-state index in [2.05, 4.69) is 28.4 Å². The number of carbonyl (C=O) groups excluding carboxylic acids is 1. The highest BCUT2D eigenvalue weighted by Gasteiger charge is 2.29.